The van der Waals surface area contributed by atoms with Crippen LogP contribution >= 0.6 is 0 Å². The normalized spacial score (nSPS) is 13.0. The molecule has 0 fully saturated rings. The fourth-order valence-electron chi connectivity index (χ4n) is 0.787. The third-order valence-electron chi connectivity index (χ3n) is 1.53. The Morgan fingerprint density at radius 1 is 1.64 bits per heavy atom. The van der Waals surface area contributed by atoms with Gasteiger partial charge in [-0.15, -0.1) is 0 Å². The zero-order chi connectivity index (χ0) is 8.27. The maximum atomic E-state index is 8.80. The van der Waals surface area contributed by atoms with Crippen molar-refractivity contribution >= 4 is 0 Å². The maximum absolute atomic E-state index is 8.80. The Bertz CT molecular complexity index is 237. The third kappa shape index (κ3) is 1.98. The first-order chi connectivity index (χ1) is 5.24. The number of hydrogen-bond acceptors (Lipinski definition) is 3. The molecule has 1 rings (SSSR count). The molecule has 1 aromatic rings. The zero-order valence-corrected chi connectivity index (χ0v) is 6.78. The molecule has 1 heterocycles. The van der Waals surface area contributed by atoms with E-state index in [2.05, 4.69) is 9.97 Å². The van der Waals surface area contributed by atoms with Crippen LogP contribution in [0.1, 0.15) is 24.4 Å². The van der Waals surface area contributed by atoms with Crippen LogP contribution in [0.15, 0.2) is 12.3 Å². The van der Waals surface area contributed by atoms with Crippen LogP contribution in [0.2, 0.25) is 0 Å². The van der Waals surface area contributed by atoms with Crippen LogP contribution in [0.3, 0.4) is 0 Å². The highest BCUT2D eigenvalue weighted by Gasteiger charge is 2.05. The van der Waals surface area contributed by atoms with Crippen LogP contribution in [0.4, 0.5) is 0 Å². The number of nitrogens with zero attached hydrogens (tertiary/aromatic N) is 2. The standard InChI is InChI=1S/C8H12N2O/c1-6(5-11)8-9-4-3-7(2)10-8/h3-4,6,11H,5H2,1-2H3. The van der Waals surface area contributed by atoms with E-state index in [0.29, 0.717) is 5.82 Å². The molecule has 0 saturated heterocycles. The van der Waals surface area contributed by atoms with Crippen molar-refractivity contribution in [3.63, 3.8) is 0 Å². The summed E-state index contributed by atoms with van der Waals surface area (Å²) in [5, 5.41) is 8.80. The summed E-state index contributed by atoms with van der Waals surface area (Å²) in [6, 6.07) is 1.84. The largest absolute Gasteiger partial charge is 0.396 e. The van der Waals surface area contributed by atoms with Gasteiger partial charge in [0.15, 0.2) is 0 Å². The smallest absolute Gasteiger partial charge is 0.133 e. The third-order valence-corrected chi connectivity index (χ3v) is 1.53. The van der Waals surface area contributed by atoms with Crippen molar-refractivity contribution in [2.75, 3.05) is 6.61 Å². The minimum Gasteiger partial charge on any atom is -0.396 e. The second-order valence-corrected chi connectivity index (χ2v) is 2.64. The summed E-state index contributed by atoms with van der Waals surface area (Å²) in [6.45, 7) is 3.91. The number of aliphatic hydroxyl groups is 1. The van der Waals surface area contributed by atoms with Gasteiger partial charge in [-0.05, 0) is 13.0 Å². The summed E-state index contributed by atoms with van der Waals surface area (Å²) in [7, 11) is 0. The van der Waals surface area contributed by atoms with Crippen LogP contribution < -0.4 is 0 Å². The molecule has 11 heavy (non-hydrogen) atoms. The zero-order valence-electron chi connectivity index (χ0n) is 6.78. The lowest BCUT2D eigenvalue weighted by atomic mass is 10.2. The lowest BCUT2D eigenvalue weighted by Gasteiger charge is -2.05. The molecule has 0 aromatic carbocycles. The molecule has 0 aliphatic heterocycles. The first-order valence-corrected chi connectivity index (χ1v) is 3.64. The molecule has 1 unspecified atom stereocenters. The maximum Gasteiger partial charge on any atom is 0.133 e. The number of aromatic nitrogens is 2. The Kier molecular flexibility index (Phi) is 2.54. The van der Waals surface area contributed by atoms with Crippen molar-refractivity contribution < 1.29 is 5.11 Å². The molecule has 1 atom stereocenters. The summed E-state index contributed by atoms with van der Waals surface area (Å²) < 4.78 is 0. The van der Waals surface area contributed by atoms with Crippen molar-refractivity contribution in [1.29, 1.82) is 0 Å². The van der Waals surface area contributed by atoms with Crippen LogP contribution in [-0.4, -0.2) is 21.7 Å². The average molecular weight is 152 g/mol. The number of aliphatic hydroxyl groups excluding tert-OH is 1. The van der Waals surface area contributed by atoms with Crippen LogP contribution in [0, 0.1) is 6.92 Å². The molecule has 0 aliphatic carbocycles. The summed E-state index contributed by atoms with van der Waals surface area (Å²) in [5.74, 6) is 0.752. The van der Waals surface area contributed by atoms with E-state index in [0.717, 1.165) is 5.69 Å². The molecular formula is C8H12N2O. The van der Waals surface area contributed by atoms with Gasteiger partial charge in [0.05, 0.1) is 6.61 Å². The predicted octanol–water partition coefficient (Wildman–Crippen LogP) is 0.881. The summed E-state index contributed by atoms with van der Waals surface area (Å²) in [5.41, 5.74) is 0.940. The van der Waals surface area contributed by atoms with Gasteiger partial charge < -0.3 is 5.11 Å². The van der Waals surface area contributed by atoms with Crippen LogP contribution in [0.5, 0.6) is 0 Å². The molecule has 0 amide bonds. The fraction of sp³-hybridized carbons (Fsp3) is 0.500. The molecule has 60 valence electrons. The fourth-order valence-corrected chi connectivity index (χ4v) is 0.787. The Morgan fingerprint density at radius 2 is 2.36 bits per heavy atom. The van der Waals surface area contributed by atoms with E-state index >= 15 is 0 Å². The second-order valence-electron chi connectivity index (χ2n) is 2.64. The summed E-state index contributed by atoms with van der Waals surface area (Å²) in [6.07, 6.45) is 1.71. The molecule has 0 saturated carbocycles. The van der Waals surface area contributed by atoms with Gasteiger partial charge >= 0.3 is 0 Å². The molecule has 3 nitrogen and oxygen atoms in total. The van der Waals surface area contributed by atoms with Gasteiger partial charge in [0.2, 0.25) is 0 Å². The minimum atomic E-state index is 0.0369. The van der Waals surface area contributed by atoms with Gasteiger partial charge in [0.1, 0.15) is 5.82 Å². The van der Waals surface area contributed by atoms with Crippen molar-refractivity contribution in [2.45, 2.75) is 19.8 Å². The first kappa shape index (κ1) is 8.14. The Labute approximate surface area is 66.1 Å². The van der Waals surface area contributed by atoms with Gasteiger partial charge in [0, 0.05) is 17.8 Å². The van der Waals surface area contributed by atoms with E-state index in [1.807, 2.05) is 19.9 Å². The van der Waals surface area contributed by atoms with Gasteiger partial charge in [-0.2, -0.15) is 0 Å². The highest BCUT2D eigenvalue weighted by atomic mass is 16.3. The van der Waals surface area contributed by atoms with E-state index in [-0.39, 0.29) is 12.5 Å². The van der Waals surface area contributed by atoms with Gasteiger partial charge in [-0.3, -0.25) is 0 Å². The number of aryl methyl sites for hydroxylation is 1. The van der Waals surface area contributed by atoms with Gasteiger partial charge in [-0.25, -0.2) is 9.97 Å². The second kappa shape index (κ2) is 3.44. The SMILES string of the molecule is Cc1ccnc(C(C)CO)n1. The van der Waals surface area contributed by atoms with E-state index in [9.17, 15) is 0 Å². The van der Waals surface area contributed by atoms with Gasteiger partial charge in [-0.1, -0.05) is 6.92 Å². The molecule has 0 radical (unpaired) electrons. The Morgan fingerprint density at radius 3 is 2.91 bits per heavy atom. The van der Waals surface area contributed by atoms with Crippen LogP contribution in [-0.2, 0) is 0 Å². The number of hydrogen-bond donors (Lipinski definition) is 1. The van der Waals surface area contributed by atoms with E-state index in [1.54, 1.807) is 6.20 Å². The molecular weight excluding hydrogens is 140 g/mol. The van der Waals surface area contributed by atoms with Crippen molar-refractivity contribution in [3.05, 3.63) is 23.8 Å². The van der Waals surface area contributed by atoms with E-state index in [1.165, 1.54) is 0 Å². The molecule has 1 aromatic heterocycles. The Balaban J connectivity index is 2.86. The highest BCUT2D eigenvalue weighted by molar-refractivity contribution is 5.02. The topological polar surface area (TPSA) is 46.0 Å². The monoisotopic (exact) mass is 152 g/mol. The number of rotatable bonds is 2. The van der Waals surface area contributed by atoms with Gasteiger partial charge in [0.25, 0.3) is 0 Å². The lowest BCUT2D eigenvalue weighted by Crippen LogP contribution is -2.04. The first-order valence-electron chi connectivity index (χ1n) is 3.64. The summed E-state index contributed by atoms with van der Waals surface area (Å²) >= 11 is 0. The van der Waals surface area contributed by atoms with Crippen molar-refractivity contribution in [1.82, 2.24) is 9.97 Å². The van der Waals surface area contributed by atoms with E-state index in [4.69, 9.17) is 5.11 Å². The van der Waals surface area contributed by atoms with Crippen LogP contribution in [0.25, 0.3) is 0 Å². The highest BCUT2D eigenvalue weighted by Crippen LogP contribution is 2.07. The minimum absolute atomic E-state index is 0.0369. The molecule has 0 aliphatic rings. The summed E-state index contributed by atoms with van der Waals surface area (Å²) in [4.78, 5) is 8.21. The molecule has 0 spiro atoms. The van der Waals surface area contributed by atoms with Crippen molar-refractivity contribution in [2.24, 2.45) is 0 Å². The molecule has 3 heteroatoms. The quantitative estimate of drug-likeness (QED) is 0.684. The van der Waals surface area contributed by atoms with Crippen molar-refractivity contribution in [3.8, 4) is 0 Å². The average Bonchev–Trinajstić information content (AvgIpc) is 2.03. The molecule has 1 N–H and O–H groups in total. The van der Waals surface area contributed by atoms with E-state index < -0.39 is 0 Å². The predicted molar refractivity (Wildman–Crippen MR) is 42.3 cm³/mol. The molecule has 0 bridgehead atoms. The lowest BCUT2D eigenvalue weighted by molar-refractivity contribution is 0.268. The Hall–Kier alpha value is -0.960.